The van der Waals surface area contributed by atoms with Gasteiger partial charge in [0.15, 0.2) is 5.78 Å². The molecular formula is C31H33NOS. The number of thioether (sulfide) groups is 1. The Morgan fingerprint density at radius 3 is 2.74 bits per heavy atom. The zero-order valence-electron chi connectivity index (χ0n) is 20.3. The third-order valence-electron chi connectivity index (χ3n) is 6.80. The highest BCUT2D eigenvalue weighted by molar-refractivity contribution is 8.14. The monoisotopic (exact) mass is 467 g/mol. The average molecular weight is 468 g/mol. The number of ketones is 1. The molecule has 0 saturated carbocycles. The summed E-state index contributed by atoms with van der Waals surface area (Å²) < 4.78 is 0. The van der Waals surface area contributed by atoms with E-state index >= 15 is 0 Å². The second-order valence-corrected chi connectivity index (χ2v) is 11.0. The maximum atomic E-state index is 13.6. The zero-order valence-corrected chi connectivity index (χ0v) is 21.1. The Morgan fingerprint density at radius 2 is 2.00 bits per heavy atom. The van der Waals surface area contributed by atoms with E-state index in [4.69, 9.17) is 11.4 Å². The molecule has 0 aromatic heterocycles. The topological polar surface area (TPSA) is 29.4 Å². The van der Waals surface area contributed by atoms with Crippen LogP contribution in [-0.4, -0.2) is 16.6 Å². The summed E-state index contributed by atoms with van der Waals surface area (Å²) in [5.74, 6) is 3.92. The van der Waals surface area contributed by atoms with Gasteiger partial charge in [-0.3, -0.25) is 4.79 Å². The smallest absolute Gasteiger partial charge is 0.161 e. The van der Waals surface area contributed by atoms with E-state index in [0.29, 0.717) is 18.1 Å². The number of terminal acetylenes is 1. The summed E-state index contributed by atoms with van der Waals surface area (Å²) in [6.45, 7) is 8.31. The first-order valence-electron chi connectivity index (χ1n) is 12.1. The Morgan fingerprint density at radius 1 is 1.21 bits per heavy atom. The molecule has 0 saturated heterocycles. The molecule has 1 aliphatic heterocycles. The van der Waals surface area contributed by atoms with Crippen molar-refractivity contribution in [2.75, 3.05) is 5.75 Å². The SMILES string of the molecule is C#CCSC1=NC2=C(C(=O)CCC(CC=C)C1)C(C)(C)Cc1cc(Cc3ccccc3)ccc12. The van der Waals surface area contributed by atoms with Crippen LogP contribution >= 0.6 is 11.8 Å². The molecule has 0 spiro atoms. The lowest BCUT2D eigenvalue weighted by molar-refractivity contribution is -0.116. The minimum absolute atomic E-state index is 0.236. The van der Waals surface area contributed by atoms with Crippen molar-refractivity contribution in [3.8, 4) is 12.3 Å². The third-order valence-corrected chi connectivity index (χ3v) is 7.70. The largest absolute Gasteiger partial charge is 0.294 e. The van der Waals surface area contributed by atoms with Crippen molar-refractivity contribution in [3.05, 3.63) is 89.0 Å². The number of Topliss-reactive ketones (excluding diaryl/α,β-unsaturated/α-hetero) is 1. The molecular weight excluding hydrogens is 434 g/mol. The van der Waals surface area contributed by atoms with Crippen LogP contribution in [0.4, 0.5) is 0 Å². The highest BCUT2D eigenvalue weighted by Gasteiger charge is 2.38. The predicted octanol–water partition coefficient (Wildman–Crippen LogP) is 7.28. The lowest BCUT2D eigenvalue weighted by Gasteiger charge is -2.35. The molecule has 1 atom stereocenters. The maximum Gasteiger partial charge on any atom is 0.161 e. The Labute approximate surface area is 208 Å². The number of fused-ring (bicyclic) bond motifs is 2. The Hall–Kier alpha value is -2.83. The molecule has 2 aliphatic rings. The van der Waals surface area contributed by atoms with E-state index in [2.05, 4.69) is 74.9 Å². The van der Waals surface area contributed by atoms with Gasteiger partial charge in [0.1, 0.15) is 0 Å². The molecule has 0 radical (unpaired) electrons. The van der Waals surface area contributed by atoms with Crippen molar-refractivity contribution >= 4 is 28.3 Å². The molecule has 174 valence electrons. The van der Waals surface area contributed by atoms with Crippen molar-refractivity contribution in [1.29, 1.82) is 0 Å². The zero-order chi connectivity index (χ0) is 24.1. The third kappa shape index (κ3) is 5.45. The van der Waals surface area contributed by atoms with Crippen LogP contribution < -0.4 is 0 Å². The van der Waals surface area contributed by atoms with Crippen molar-refractivity contribution in [2.45, 2.75) is 52.4 Å². The maximum absolute atomic E-state index is 13.6. The minimum atomic E-state index is -0.269. The van der Waals surface area contributed by atoms with Crippen molar-refractivity contribution in [2.24, 2.45) is 16.3 Å². The summed E-state index contributed by atoms with van der Waals surface area (Å²) in [4.78, 5) is 18.8. The fourth-order valence-electron chi connectivity index (χ4n) is 5.24. The number of allylic oxidation sites excluding steroid dienone is 2. The number of benzene rings is 2. The summed E-state index contributed by atoms with van der Waals surface area (Å²) in [6, 6.07) is 17.2. The molecule has 2 nitrogen and oxygen atoms in total. The van der Waals surface area contributed by atoms with Gasteiger partial charge in [-0.15, -0.1) is 13.0 Å². The van der Waals surface area contributed by atoms with Crippen LogP contribution in [0.3, 0.4) is 0 Å². The van der Waals surface area contributed by atoms with Gasteiger partial charge in [-0.2, -0.15) is 0 Å². The van der Waals surface area contributed by atoms with Gasteiger partial charge in [-0.25, -0.2) is 4.99 Å². The van der Waals surface area contributed by atoms with E-state index in [1.807, 2.05) is 6.08 Å². The molecule has 1 aliphatic carbocycles. The number of carbonyl (C=O) groups excluding carboxylic acids is 1. The molecule has 0 bridgehead atoms. The minimum Gasteiger partial charge on any atom is -0.294 e. The number of nitrogens with zero attached hydrogens (tertiary/aromatic N) is 1. The number of rotatable bonds is 5. The van der Waals surface area contributed by atoms with Crippen LogP contribution in [0.2, 0.25) is 0 Å². The van der Waals surface area contributed by atoms with Gasteiger partial charge in [0.05, 0.1) is 16.5 Å². The summed E-state index contributed by atoms with van der Waals surface area (Å²) in [5, 5.41) is 1.03. The lowest BCUT2D eigenvalue weighted by atomic mass is 9.69. The van der Waals surface area contributed by atoms with E-state index in [1.165, 1.54) is 16.7 Å². The van der Waals surface area contributed by atoms with Crippen molar-refractivity contribution in [3.63, 3.8) is 0 Å². The van der Waals surface area contributed by atoms with Gasteiger partial charge < -0.3 is 0 Å². The van der Waals surface area contributed by atoms with Crippen LogP contribution in [0, 0.1) is 23.7 Å². The Bertz CT molecular complexity index is 1180. The van der Waals surface area contributed by atoms with Gasteiger partial charge in [0.2, 0.25) is 0 Å². The molecule has 2 aromatic rings. The first-order valence-corrected chi connectivity index (χ1v) is 13.1. The number of hydrogen-bond donors (Lipinski definition) is 0. The van der Waals surface area contributed by atoms with Crippen LogP contribution in [0.25, 0.3) is 5.70 Å². The highest BCUT2D eigenvalue weighted by Crippen LogP contribution is 2.46. The highest BCUT2D eigenvalue weighted by atomic mass is 32.2. The van der Waals surface area contributed by atoms with Gasteiger partial charge in [0.25, 0.3) is 0 Å². The van der Waals surface area contributed by atoms with Crippen LogP contribution in [-0.2, 0) is 17.6 Å². The Kier molecular flexibility index (Phi) is 7.59. The Balaban J connectivity index is 1.80. The second-order valence-electron chi connectivity index (χ2n) is 9.99. The van der Waals surface area contributed by atoms with E-state index in [-0.39, 0.29) is 11.2 Å². The van der Waals surface area contributed by atoms with Gasteiger partial charge in [-0.05, 0) is 60.1 Å². The van der Waals surface area contributed by atoms with Gasteiger partial charge in [-0.1, -0.05) is 86.1 Å². The second kappa shape index (κ2) is 10.6. The van der Waals surface area contributed by atoms with Gasteiger partial charge in [0, 0.05) is 17.6 Å². The predicted molar refractivity (Wildman–Crippen MR) is 146 cm³/mol. The summed E-state index contributed by atoms with van der Waals surface area (Å²) in [5.41, 5.74) is 6.44. The van der Waals surface area contributed by atoms with Crippen LogP contribution in [0.15, 0.2) is 71.8 Å². The number of carbonyl (C=O) groups is 1. The van der Waals surface area contributed by atoms with E-state index in [9.17, 15) is 4.79 Å². The number of aliphatic imine (C=N–C) groups is 1. The molecule has 3 heteroatoms. The normalized spacial score (nSPS) is 19.6. The first-order chi connectivity index (χ1) is 16.4. The van der Waals surface area contributed by atoms with Crippen molar-refractivity contribution in [1.82, 2.24) is 0 Å². The fourth-order valence-corrected chi connectivity index (χ4v) is 6.00. The number of hydrogen-bond acceptors (Lipinski definition) is 3. The molecule has 1 heterocycles. The molecule has 34 heavy (non-hydrogen) atoms. The summed E-state index contributed by atoms with van der Waals surface area (Å²) in [7, 11) is 0. The standard InChI is InChI=1S/C31H33NOS/c1-5-10-22-14-16-27(33)29-30(32-28(20-22)34-17-6-2)26-15-13-24(18-23-11-8-7-9-12-23)19-25(26)21-31(29,3)4/h2,5,7-9,11-13,15,19,22H,1,10,14,16-18,20-21H2,3-4H3. The van der Waals surface area contributed by atoms with Gasteiger partial charge >= 0.3 is 0 Å². The molecule has 2 aromatic carbocycles. The molecule has 0 amide bonds. The van der Waals surface area contributed by atoms with E-state index in [1.54, 1.807) is 11.8 Å². The molecule has 4 rings (SSSR count). The molecule has 0 fully saturated rings. The van der Waals surface area contributed by atoms with Crippen LogP contribution in [0.5, 0.6) is 0 Å². The fraction of sp³-hybridized carbons (Fsp3) is 0.355. The van der Waals surface area contributed by atoms with E-state index < -0.39 is 0 Å². The quantitative estimate of drug-likeness (QED) is 0.341. The summed E-state index contributed by atoms with van der Waals surface area (Å²) in [6.07, 6.45) is 12.4. The molecule has 0 N–H and O–H groups in total. The lowest BCUT2D eigenvalue weighted by Crippen LogP contribution is -2.29. The van der Waals surface area contributed by atoms with Crippen molar-refractivity contribution < 1.29 is 4.79 Å². The van der Waals surface area contributed by atoms with Crippen LogP contribution in [0.1, 0.15) is 61.8 Å². The van der Waals surface area contributed by atoms with E-state index in [0.717, 1.165) is 54.0 Å². The average Bonchev–Trinajstić information content (AvgIpc) is 2.87. The first kappa shape index (κ1) is 24.3. The summed E-state index contributed by atoms with van der Waals surface area (Å²) >= 11 is 1.63. The molecule has 1 unspecified atom stereocenters.